The Balaban J connectivity index is 1.95. The molecule has 2 nitrogen and oxygen atoms in total. The molecule has 0 aromatic rings. The van der Waals surface area contributed by atoms with Crippen LogP contribution in [0.5, 0.6) is 0 Å². The number of rotatable bonds is 3. The fourth-order valence-electron chi connectivity index (χ4n) is 2.71. The minimum absolute atomic E-state index is 0.256. The van der Waals surface area contributed by atoms with E-state index in [1.54, 1.807) is 0 Å². The minimum atomic E-state index is 0.256. The number of nitrogens with zero attached hydrogens (tertiary/aromatic N) is 1. The van der Waals surface area contributed by atoms with Crippen LogP contribution in [0, 0.1) is 11.3 Å². The van der Waals surface area contributed by atoms with Gasteiger partial charge in [0.2, 0.25) is 5.91 Å². The molecule has 2 rings (SSSR count). The van der Waals surface area contributed by atoms with Gasteiger partial charge in [-0.1, -0.05) is 29.3 Å². The third-order valence-electron chi connectivity index (χ3n) is 4.02. The van der Waals surface area contributed by atoms with E-state index in [4.69, 9.17) is 0 Å². The molecule has 1 heterocycles. The number of carbonyl (C=O) groups excluding carboxylic acids is 1. The standard InChI is InChI=1S/C12H20BrNO/c1-10-4-2-7-14(11(10)15)9-12(8-13)5-3-6-12/h10H,2-9H2,1H3. The van der Waals surface area contributed by atoms with Crippen LogP contribution in [-0.4, -0.2) is 29.2 Å². The first-order valence-corrected chi connectivity index (χ1v) is 7.14. The third kappa shape index (κ3) is 2.22. The monoisotopic (exact) mass is 273 g/mol. The summed E-state index contributed by atoms with van der Waals surface area (Å²) in [5.74, 6) is 0.639. The molecule has 1 atom stereocenters. The van der Waals surface area contributed by atoms with Crippen LogP contribution >= 0.6 is 15.9 Å². The van der Waals surface area contributed by atoms with Crippen molar-refractivity contribution in [2.45, 2.75) is 39.0 Å². The highest BCUT2D eigenvalue weighted by atomic mass is 79.9. The van der Waals surface area contributed by atoms with Gasteiger partial charge in [0.05, 0.1) is 0 Å². The molecule has 1 amide bonds. The lowest BCUT2D eigenvalue weighted by atomic mass is 9.70. The molecule has 15 heavy (non-hydrogen) atoms. The van der Waals surface area contributed by atoms with Crippen LogP contribution < -0.4 is 0 Å². The largest absolute Gasteiger partial charge is 0.342 e. The first-order valence-electron chi connectivity index (χ1n) is 6.02. The van der Waals surface area contributed by atoms with Gasteiger partial charge in [0, 0.05) is 24.3 Å². The second kappa shape index (κ2) is 4.44. The highest BCUT2D eigenvalue weighted by molar-refractivity contribution is 9.09. The van der Waals surface area contributed by atoms with Gasteiger partial charge >= 0.3 is 0 Å². The molecule has 1 saturated heterocycles. The Morgan fingerprint density at radius 1 is 1.47 bits per heavy atom. The van der Waals surface area contributed by atoms with Gasteiger partial charge in [-0.2, -0.15) is 0 Å². The summed E-state index contributed by atoms with van der Waals surface area (Å²) in [6.07, 6.45) is 6.18. The molecule has 0 bridgehead atoms. The van der Waals surface area contributed by atoms with Crippen molar-refractivity contribution in [2.24, 2.45) is 11.3 Å². The first-order chi connectivity index (χ1) is 7.17. The van der Waals surface area contributed by atoms with Gasteiger partial charge < -0.3 is 4.90 Å². The van der Waals surface area contributed by atoms with Crippen LogP contribution in [0.3, 0.4) is 0 Å². The van der Waals surface area contributed by atoms with Crippen molar-refractivity contribution in [3.05, 3.63) is 0 Å². The Labute approximate surface area is 101 Å². The number of halogens is 1. The Morgan fingerprint density at radius 2 is 2.20 bits per heavy atom. The summed E-state index contributed by atoms with van der Waals surface area (Å²) in [7, 11) is 0. The number of alkyl halides is 1. The van der Waals surface area contributed by atoms with Crippen LogP contribution in [0.1, 0.15) is 39.0 Å². The fraction of sp³-hybridized carbons (Fsp3) is 0.917. The SMILES string of the molecule is CC1CCCN(CC2(CBr)CCC2)C1=O. The molecular weight excluding hydrogens is 254 g/mol. The number of likely N-dealkylation sites (tertiary alicyclic amines) is 1. The van der Waals surface area contributed by atoms with E-state index in [2.05, 4.69) is 27.8 Å². The molecule has 2 aliphatic rings. The number of hydrogen-bond acceptors (Lipinski definition) is 1. The second-order valence-corrected chi connectivity index (χ2v) is 5.85. The van der Waals surface area contributed by atoms with Crippen LogP contribution in [-0.2, 0) is 4.79 Å². The zero-order chi connectivity index (χ0) is 10.9. The molecule has 0 N–H and O–H groups in total. The maximum absolute atomic E-state index is 12.0. The van der Waals surface area contributed by atoms with Gasteiger partial charge in [0.1, 0.15) is 0 Å². The van der Waals surface area contributed by atoms with Crippen molar-refractivity contribution in [1.29, 1.82) is 0 Å². The fourth-order valence-corrected chi connectivity index (χ4v) is 3.44. The van der Waals surface area contributed by atoms with Gasteiger partial charge in [0.15, 0.2) is 0 Å². The summed E-state index contributed by atoms with van der Waals surface area (Å²) in [5.41, 5.74) is 0.409. The molecule has 1 aliphatic heterocycles. The molecule has 2 fully saturated rings. The Kier molecular flexibility index (Phi) is 3.39. The van der Waals surface area contributed by atoms with Gasteiger partial charge in [-0.15, -0.1) is 0 Å². The Hall–Kier alpha value is -0.0500. The van der Waals surface area contributed by atoms with Crippen molar-refractivity contribution >= 4 is 21.8 Å². The van der Waals surface area contributed by atoms with E-state index >= 15 is 0 Å². The van der Waals surface area contributed by atoms with Crippen molar-refractivity contribution in [3.8, 4) is 0 Å². The van der Waals surface area contributed by atoms with E-state index in [1.165, 1.54) is 25.7 Å². The highest BCUT2D eigenvalue weighted by Crippen LogP contribution is 2.43. The highest BCUT2D eigenvalue weighted by Gasteiger charge is 2.39. The van der Waals surface area contributed by atoms with Crippen molar-refractivity contribution < 1.29 is 4.79 Å². The van der Waals surface area contributed by atoms with E-state index in [0.29, 0.717) is 11.3 Å². The average molecular weight is 274 g/mol. The predicted molar refractivity (Wildman–Crippen MR) is 65.1 cm³/mol. The summed E-state index contributed by atoms with van der Waals surface area (Å²) < 4.78 is 0. The van der Waals surface area contributed by atoms with Crippen molar-refractivity contribution in [2.75, 3.05) is 18.4 Å². The lowest BCUT2D eigenvalue weighted by Crippen LogP contribution is -2.49. The molecule has 1 aliphatic carbocycles. The van der Waals surface area contributed by atoms with Crippen LogP contribution in [0.2, 0.25) is 0 Å². The summed E-state index contributed by atoms with van der Waals surface area (Å²) in [4.78, 5) is 14.1. The summed E-state index contributed by atoms with van der Waals surface area (Å²) in [6.45, 7) is 4.04. The molecule has 86 valence electrons. The minimum Gasteiger partial charge on any atom is -0.342 e. The number of piperidine rings is 1. The normalized spacial score (nSPS) is 30.1. The predicted octanol–water partition coefficient (Wildman–Crippen LogP) is 2.81. The molecule has 1 saturated carbocycles. The lowest BCUT2D eigenvalue weighted by Gasteiger charge is -2.45. The number of amides is 1. The molecular formula is C12H20BrNO. The van der Waals surface area contributed by atoms with Crippen LogP contribution in [0.25, 0.3) is 0 Å². The maximum atomic E-state index is 12.0. The quantitative estimate of drug-likeness (QED) is 0.725. The number of carbonyl (C=O) groups is 1. The smallest absolute Gasteiger partial charge is 0.225 e. The maximum Gasteiger partial charge on any atom is 0.225 e. The second-order valence-electron chi connectivity index (χ2n) is 5.29. The molecule has 0 radical (unpaired) electrons. The van der Waals surface area contributed by atoms with Gasteiger partial charge in [-0.25, -0.2) is 0 Å². The van der Waals surface area contributed by atoms with E-state index in [0.717, 1.165) is 24.8 Å². The van der Waals surface area contributed by atoms with Gasteiger partial charge in [0.25, 0.3) is 0 Å². The summed E-state index contributed by atoms with van der Waals surface area (Å²) >= 11 is 3.61. The number of hydrogen-bond donors (Lipinski definition) is 0. The van der Waals surface area contributed by atoms with Crippen molar-refractivity contribution in [3.63, 3.8) is 0 Å². The molecule has 0 aromatic carbocycles. The topological polar surface area (TPSA) is 20.3 Å². The van der Waals surface area contributed by atoms with E-state index in [9.17, 15) is 4.79 Å². The third-order valence-corrected chi connectivity index (χ3v) is 5.21. The zero-order valence-corrected chi connectivity index (χ0v) is 11.1. The molecule has 0 spiro atoms. The molecule has 1 unspecified atom stereocenters. The lowest BCUT2D eigenvalue weighted by molar-refractivity contribution is -0.140. The Morgan fingerprint density at radius 3 is 2.73 bits per heavy atom. The summed E-state index contributed by atoms with van der Waals surface area (Å²) in [5, 5.41) is 1.05. The van der Waals surface area contributed by atoms with Crippen molar-refractivity contribution in [1.82, 2.24) is 4.90 Å². The van der Waals surface area contributed by atoms with E-state index in [1.807, 2.05) is 0 Å². The van der Waals surface area contributed by atoms with Crippen LogP contribution in [0.4, 0.5) is 0 Å². The van der Waals surface area contributed by atoms with Crippen LogP contribution in [0.15, 0.2) is 0 Å². The first kappa shape index (κ1) is 11.4. The Bertz CT molecular complexity index is 244. The van der Waals surface area contributed by atoms with E-state index < -0.39 is 0 Å². The molecule has 3 heteroatoms. The van der Waals surface area contributed by atoms with E-state index in [-0.39, 0.29) is 5.92 Å². The average Bonchev–Trinajstić information content (AvgIpc) is 2.18. The van der Waals surface area contributed by atoms with Gasteiger partial charge in [-0.3, -0.25) is 4.79 Å². The zero-order valence-electron chi connectivity index (χ0n) is 9.47. The molecule has 0 aromatic heterocycles. The summed E-state index contributed by atoms with van der Waals surface area (Å²) in [6, 6.07) is 0. The van der Waals surface area contributed by atoms with Gasteiger partial charge in [-0.05, 0) is 31.1 Å².